The fourth-order valence-electron chi connectivity index (χ4n) is 7.95. The highest BCUT2D eigenvalue weighted by Gasteiger charge is 2.51. The van der Waals surface area contributed by atoms with E-state index >= 15 is 0 Å². The van der Waals surface area contributed by atoms with Crippen molar-refractivity contribution in [1.82, 2.24) is 10.6 Å². The van der Waals surface area contributed by atoms with E-state index < -0.39 is 0 Å². The zero-order chi connectivity index (χ0) is 26.1. The Labute approximate surface area is 225 Å². The predicted molar refractivity (Wildman–Crippen MR) is 150 cm³/mol. The number of benzene rings is 2. The molecule has 5 aliphatic rings. The second-order valence-electron chi connectivity index (χ2n) is 12.1. The van der Waals surface area contributed by atoms with Gasteiger partial charge < -0.3 is 25.6 Å². The number of urea groups is 1. The Morgan fingerprint density at radius 2 is 1.71 bits per heavy atom. The minimum absolute atomic E-state index is 0.0540. The van der Waals surface area contributed by atoms with Crippen LogP contribution in [0.1, 0.15) is 66.4 Å². The topological polar surface area (TPSA) is 82.7 Å². The van der Waals surface area contributed by atoms with E-state index in [1.165, 1.54) is 30.4 Å². The molecule has 202 valence electrons. The van der Waals surface area contributed by atoms with E-state index in [-0.39, 0.29) is 17.5 Å². The molecule has 3 N–H and O–H groups in total. The Morgan fingerprint density at radius 3 is 2.42 bits per heavy atom. The first-order valence-corrected chi connectivity index (χ1v) is 14.3. The third-order valence-electron chi connectivity index (χ3n) is 9.20. The highest BCUT2D eigenvalue weighted by Crippen LogP contribution is 2.55. The van der Waals surface area contributed by atoms with Crippen LogP contribution < -0.4 is 20.9 Å². The van der Waals surface area contributed by atoms with Crippen molar-refractivity contribution in [3.63, 3.8) is 0 Å². The van der Waals surface area contributed by atoms with E-state index in [1.54, 1.807) is 7.11 Å². The Bertz CT molecular complexity index is 1160. The van der Waals surface area contributed by atoms with Gasteiger partial charge >= 0.3 is 6.03 Å². The summed E-state index contributed by atoms with van der Waals surface area (Å²) < 4.78 is 5.13. The van der Waals surface area contributed by atoms with Crippen molar-refractivity contribution >= 4 is 23.3 Å². The zero-order valence-electron chi connectivity index (χ0n) is 22.4. The van der Waals surface area contributed by atoms with Crippen LogP contribution in [0.2, 0.25) is 0 Å². The summed E-state index contributed by atoms with van der Waals surface area (Å²) in [6.07, 6.45) is 9.04. The number of fused-ring (bicyclic) bond motifs is 1. The first kappa shape index (κ1) is 25.2. The molecule has 4 aliphatic carbocycles. The minimum Gasteiger partial charge on any atom is -0.385 e. The van der Waals surface area contributed by atoms with Gasteiger partial charge in [-0.05, 0) is 98.4 Å². The summed E-state index contributed by atoms with van der Waals surface area (Å²) >= 11 is 0. The maximum Gasteiger partial charge on any atom is 0.319 e. The van der Waals surface area contributed by atoms with E-state index in [0.717, 1.165) is 68.6 Å². The molecule has 0 unspecified atom stereocenters. The van der Waals surface area contributed by atoms with E-state index in [0.29, 0.717) is 24.4 Å². The average molecular weight is 517 g/mol. The van der Waals surface area contributed by atoms with E-state index in [4.69, 9.17) is 4.74 Å². The van der Waals surface area contributed by atoms with Crippen molar-refractivity contribution in [1.29, 1.82) is 0 Å². The lowest BCUT2D eigenvalue weighted by Crippen LogP contribution is -2.60. The Morgan fingerprint density at radius 1 is 1.00 bits per heavy atom. The van der Waals surface area contributed by atoms with Crippen molar-refractivity contribution in [3.05, 3.63) is 59.2 Å². The molecule has 7 heteroatoms. The van der Waals surface area contributed by atoms with Crippen LogP contribution in [0.3, 0.4) is 0 Å². The number of anilines is 2. The van der Waals surface area contributed by atoms with Crippen LogP contribution in [0.15, 0.2) is 42.5 Å². The predicted octanol–water partition coefficient (Wildman–Crippen LogP) is 5.11. The molecule has 2 aromatic carbocycles. The maximum atomic E-state index is 13.3. The molecule has 0 atom stereocenters. The Kier molecular flexibility index (Phi) is 7.04. The minimum atomic E-state index is -0.155. The molecule has 1 heterocycles. The molecule has 3 amide bonds. The Balaban J connectivity index is 1.19. The van der Waals surface area contributed by atoms with E-state index in [9.17, 15) is 9.59 Å². The van der Waals surface area contributed by atoms with Gasteiger partial charge in [0.25, 0.3) is 5.91 Å². The van der Waals surface area contributed by atoms with Crippen LogP contribution in [-0.4, -0.2) is 44.3 Å². The van der Waals surface area contributed by atoms with Gasteiger partial charge in [0.2, 0.25) is 0 Å². The molecular formula is C31H40N4O3. The summed E-state index contributed by atoms with van der Waals surface area (Å²) in [4.78, 5) is 28.8. The number of hydrogen-bond donors (Lipinski definition) is 3. The summed E-state index contributed by atoms with van der Waals surface area (Å²) in [6.45, 7) is 2.75. The van der Waals surface area contributed by atoms with Gasteiger partial charge in [-0.1, -0.05) is 24.3 Å². The van der Waals surface area contributed by atoms with Crippen molar-refractivity contribution in [2.45, 2.75) is 63.5 Å². The van der Waals surface area contributed by atoms with Gasteiger partial charge in [-0.15, -0.1) is 0 Å². The lowest BCUT2D eigenvalue weighted by Gasteiger charge is -2.56. The monoisotopic (exact) mass is 516 g/mol. The lowest BCUT2D eigenvalue weighted by atomic mass is 9.53. The number of carbonyl (C=O) groups excluding carboxylic acids is 2. The number of carbonyl (C=O) groups is 2. The molecule has 0 saturated heterocycles. The molecule has 1 aliphatic heterocycles. The molecule has 0 spiro atoms. The van der Waals surface area contributed by atoms with Gasteiger partial charge in [0.15, 0.2) is 0 Å². The van der Waals surface area contributed by atoms with Gasteiger partial charge in [0.1, 0.15) is 0 Å². The first-order chi connectivity index (χ1) is 18.5. The van der Waals surface area contributed by atoms with Gasteiger partial charge in [-0.25, -0.2) is 4.79 Å². The van der Waals surface area contributed by atoms with E-state index in [1.807, 2.05) is 18.2 Å². The second-order valence-corrected chi connectivity index (χ2v) is 12.1. The SMILES string of the molecule is COCCCNC(=O)c1cc(NC(=O)NC23CC4CC(CC(C4)C2)C3)ccc1N1CCc2ccccc2C1. The molecule has 0 radical (unpaired) electrons. The molecule has 4 fully saturated rings. The number of amides is 3. The summed E-state index contributed by atoms with van der Waals surface area (Å²) in [7, 11) is 1.66. The van der Waals surface area contributed by atoms with Gasteiger partial charge in [0.05, 0.1) is 5.56 Å². The average Bonchev–Trinajstić information content (AvgIpc) is 2.89. The smallest absolute Gasteiger partial charge is 0.319 e. The number of hydrogen-bond acceptors (Lipinski definition) is 4. The number of nitrogens with one attached hydrogen (secondary N) is 3. The van der Waals surface area contributed by atoms with Gasteiger partial charge in [-0.2, -0.15) is 0 Å². The van der Waals surface area contributed by atoms with Crippen LogP contribution in [-0.2, 0) is 17.7 Å². The Hall–Kier alpha value is -3.06. The van der Waals surface area contributed by atoms with Crippen LogP contribution in [0.25, 0.3) is 0 Å². The molecule has 2 aromatic rings. The standard InChI is InChI=1S/C31H40N4O3/c1-38-12-4-10-32-29(36)27-16-26(7-8-28(27)35-11-9-24-5-2-3-6-25(24)20-35)33-30(37)34-31-17-21-13-22(18-31)15-23(14-21)19-31/h2-3,5-8,16,21-23H,4,9-15,17-20H2,1H3,(H,32,36)(H2,33,34,37). The third kappa shape index (κ3) is 5.26. The van der Waals surface area contributed by atoms with E-state index in [2.05, 4.69) is 45.1 Å². The van der Waals surface area contributed by atoms with Gasteiger partial charge in [-0.3, -0.25) is 4.79 Å². The summed E-state index contributed by atoms with van der Waals surface area (Å²) in [5, 5.41) is 9.49. The number of nitrogens with zero attached hydrogens (tertiary/aromatic N) is 1. The van der Waals surface area contributed by atoms with Crippen LogP contribution in [0.5, 0.6) is 0 Å². The highest BCUT2D eigenvalue weighted by atomic mass is 16.5. The largest absolute Gasteiger partial charge is 0.385 e. The van der Waals surface area contributed by atoms with Crippen LogP contribution in [0.4, 0.5) is 16.2 Å². The van der Waals surface area contributed by atoms with Crippen LogP contribution >= 0.6 is 0 Å². The number of rotatable bonds is 8. The molecule has 4 bridgehead atoms. The molecule has 4 saturated carbocycles. The highest BCUT2D eigenvalue weighted by molar-refractivity contribution is 6.02. The van der Waals surface area contributed by atoms with Crippen molar-refractivity contribution in [3.8, 4) is 0 Å². The molecule has 7 nitrogen and oxygen atoms in total. The lowest BCUT2D eigenvalue weighted by molar-refractivity contribution is -0.0127. The van der Waals surface area contributed by atoms with Crippen molar-refractivity contribution in [2.75, 3.05) is 37.0 Å². The summed E-state index contributed by atoms with van der Waals surface area (Å²) in [6, 6.07) is 14.1. The third-order valence-corrected chi connectivity index (χ3v) is 9.20. The summed E-state index contributed by atoms with van der Waals surface area (Å²) in [5.41, 5.74) is 4.75. The molecule has 0 aromatic heterocycles. The first-order valence-electron chi connectivity index (χ1n) is 14.3. The fraction of sp³-hybridized carbons (Fsp3) is 0.548. The number of methoxy groups -OCH3 is 1. The zero-order valence-corrected chi connectivity index (χ0v) is 22.4. The molecule has 38 heavy (non-hydrogen) atoms. The van der Waals surface area contributed by atoms with Crippen molar-refractivity contribution < 1.29 is 14.3 Å². The maximum absolute atomic E-state index is 13.3. The molecular weight excluding hydrogens is 476 g/mol. The fourth-order valence-corrected chi connectivity index (χ4v) is 7.95. The summed E-state index contributed by atoms with van der Waals surface area (Å²) in [5.74, 6) is 2.18. The second kappa shape index (κ2) is 10.6. The van der Waals surface area contributed by atoms with Gasteiger partial charge in [0, 0.05) is 50.3 Å². The molecule has 7 rings (SSSR count). The van der Waals surface area contributed by atoms with Crippen molar-refractivity contribution in [2.24, 2.45) is 17.8 Å². The number of ether oxygens (including phenoxy) is 1. The van der Waals surface area contributed by atoms with Crippen LogP contribution in [0, 0.1) is 17.8 Å². The normalized spacial score (nSPS) is 27.1. The quantitative estimate of drug-likeness (QED) is 0.426.